The average Bonchev–Trinajstić information content (AvgIpc) is 2.76. The minimum absolute atomic E-state index is 0.249. The molecule has 82 valence electrons. The molecule has 1 atom stereocenters. The van der Waals surface area contributed by atoms with Gasteiger partial charge in [0.2, 0.25) is 0 Å². The zero-order chi connectivity index (χ0) is 10.7. The maximum atomic E-state index is 9.98. The van der Waals surface area contributed by atoms with Gasteiger partial charge in [0.1, 0.15) is 0 Å². The molecular weight excluding hydrogens is 224 g/mol. The first-order chi connectivity index (χ1) is 7.31. The van der Waals surface area contributed by atoms with Crippen molar-refractivity contribution in [1.29, 1.82) is 0 Å². The number of unbranched alkanes of at least 4 members (excludes halogenated alkanes) is 2. The van der Waals surface area contributed by atoms with Crippen molar-refractivity contribution in [3.8, 4) is 0 Å². The van der Waals surface area contributed by atoms with Crippen molar-refractivity contribution >= 4 is 32.1 Å². The van der Waals surface area contributed by atoms with Gasteiger partial charge >= 0.3 is 0 Å². The summed E-state index contributed by atoms with van der Waals surface area (Å²) in [5.41, 5.74) is 0. The number of fused-ring (bicyclic) bond motifs is 1. The summed E-state index contributed by atoms with van der Waals surface area (Å²) in [7, 11) is 0. The van der Waals surface area contributed by atoms with Crippen LogP contribution < -0.4 is 0 Å². The van der Waals surface area contributed by atoms with Crippen LogP contribution in [0.5, 0.6) is 0 Å². The monoisotopic (exact) mass is 240 g/mol. The van der Waals surface area contributed by atoms with Gasteiger partial charge in [0.05, 0.1) is 6.10 Å². The van der Waals surface area contributed by atoms with Gasteiger partial charge in [-0.25, -0.2) is 0 Å². The van der Waals surface area contributed by atoms with Gasteiger partial charge in [-0.3, -0.25) is 0 Å². The van der Waals surface area contributed by atoms with Gasteiger partial charge in [0.25, 0.3) is 0 Å². The highest BCUT2D eigenvalue weighted by molar-refractivity contribution is 7.26. The Hall–Kier alpha value is -0.380. The van der Waals surface area contributed by atoms with Crippen LogP contribution in [-0.2, 0) is 0 Å². The molecule has 0 bridgehead atoms. The normalized spacial score (nSPS) is 13.5. The maximum Gasteiger partial charge on any atom is 0.0882 e. The topological polar surface area (TPSA) is 20.2 Å². The maximum absolute atomic E-state index is 9.98. The van der Waals surface area contributed by atoms with Crippen molar-refractivity contribution in [2.75, 3.05) is 0 Å². The van der Waals surface area contributed by atoms with Crippen molar-refractivity contribution in [2.45, 2.75) is 38.7 Å². The molecule has 0 aliphatic carbocycles. The van der Waals surface area contributed by atoms with Crippen LogP contribution in [-0.4, -0.2) is 5.11 Å². The molecule has 0 fully saturated rings. The first kappa shape index (κ1) is 11.1. The van der Waals surface area contributed by atoms with Crippen LogP contribution in [0.4, 0.5) is 0 Å². The first-order valence-corrected chi connectivity index (χ1v) is 7.16. The lowest BCUT2D eigenvalue weighted by atomic mass is 10.1. The standard InChI is InChI=1S/C12H16OS2/c1-2-3-4-5-9(13)11-8-12-10(15-11)6-7-14-12/h6-9,13H,2-5H2,1H3. The van der Waals surface area contributed by atoms with Gasteiger partial charge in [0.15, 0.2) is 0 Å². The van der Waals surface area contributed by atoms with Gasteiger partial charge in [-0.2, -0.15) is 0 Å². The lowest BCUT2D eigenvalue weighted by Crippen LogP contribution is -1.93. The molecule has 3 heteroatoms. The molecule has 1 N–H and O–H groups in total. The predicted octanol–water partition coefficient (Wildman–Crippen LogP) is 4.58. The molecule has 0 saturated heterocycles. The Morgan fingerprint density at radius 2 is 2.20 bits per heavy atom. The summed E-state index contributed by atoms with van der Waals surface area (Å²) in [4.78, 5) is 1.13. The molecule has 0 aliphatic rings. The van der Waals surface area contributed by atoms with Crippen LogP contribution in [0.2, 0.25) is 0 Å². The van der Waals surface area contributed by atoms with E-state index in [0.717, 1.165) is 17.7 Å². The van der Waals surface area contributed by atoms with Crippen LogP contribution >= 0.6 is 22.7 Å². The van der Waals surface area contributed by atoms with E-state index in [1.807, 2.05) is 0 Å². The number of hydrogen-bond acceptors (Lipinski definition) is 3. The smallest absolute Gasteiger partial charge is 0.0882 e. The number of aliphatic hydroxyl groups is 1. The van der Waals surface area contributed by atoms with Gasteiger partial charge in [-0.15, -0.1) is 22.7 Å². The molecule has 2 aromatic rings. The molecule has 1 nitrogen and oxygen atoms in total. The molecule has 0 spiro atoms. The largest absolute Gasteiger partial charge is 0.388 e. The Morgan fingerprint density at radius 1 is 1.33 bits per heavy atom. The summed E-state index contributed by atoms with van der Waals surface area (Å²) >= 11 is 3.48. The molecule has 0 amide bonds. The second-order valence-electron chi connectivity index (χ2n) is 3.81. The van der Waals surface area contributed by atoms with Crippen molar-refractivity contribution in [3.63, 3.8) is 0 Å². The minimum Gasteiger partial charge on any atom is -0.388 e. The molecule has 0 saturated carbocycles. The molecule has 0 aliphatic heterocycles. The lowest BCUT2D eigenvalue weighted by Gasteiger charge is -2.06. The molecule has 1 unspecified atom stereocenters. The lowest BCUT2D eigenvalue weighted by molar-refractivity contribution is 0.167. The highest BCUT2D eigenvalue weighted by atomic mass is 32.1. The quantitative estimate of drug-likeness (QED) is 0.759. The SMILES string of the molecule is CCCCCC(O)c1cc2sccc2s1. The molecule has 2 aromatic heterocycles. The van der Waals surface area contributed by atoms with Gasteiger partial charge in [-0.1, -0.05) is 26.2 Å². The third-order valence-electron chi connectivity index (χ3n) is 2.57. The van der Waals surface area contributed by atoms with E-state index in [1.165, 1.54) is 22.2 Å². The van der Waals surface area contributed by atoms with Gasteiger partial charge in [0, 0.05) is 14.3 Å². The number of hydrogen-bond donors (Lipinski definition) is 1. The highest BCUT2D eigenvalue weighted by Gasteiger charge is 2.11. The van der Waals surface area contributed by atoms with Crippen molar-refractivity contribution in [3.05, 3.63) is 22.4 Å². The Balaban J connectivity index is 2.00. The molecule has 0 aromatic carbocycles. The van der Waals surface area contributed by atoms with Crippen LogP contribution in [0.3, 0.4) is 0 Å². The van der Waals surface area contributed by atoms with Crippen molar-refractivity contribution in [1.82, 2.24) is 0 Å². The second-order valence-corrected chi connectivity index (χ2v) is 5.87. The molecule has 15 heavy (non-hydrogen) atoms. The van der Waals surface area contributed by atoms with E-state index in [4.69, 9.17) is 0 Å². The second kappa shape index (κ2) is 5.10. The van der Waals surface area contributed by atoms with E-state index in [9.17, 15) is 5.11 Å². The molecule has 0 radical (unpaired) electrons. The van der Waals surface area contributed by atoms with Crippen LogP contribution in [0.25, 0.3) is 9.40 Å². The fourth-order valence-electron chi connectivity index (χ4n) is 1.68. The number of thiophene rings is 2. The number of rotatable bonds is 5. The third kappa shape index (κ3) is 2.60. The van der Waals surface area contributed by atoms with Crippen molar-refractivity contribution < 1.29 is 5.11 Å². The fraction of sp³-hybridized carbons (Fsp3) is 0.500. The molecule has 2 rings (SSSR count). The Kier molecular flexibility index (Phi) is 3.78. The van der Waals surface area contributed by atoms with E-state index in [0.29, 0.717) is 0 Å². The first-order valence-electron chi connectivity index (χ1n) is 5.46. The summed E-state index contributed by atoms with van der Waals surface area (Å²) in [6.07, 6.45) is 4.22. The van der Waals surface area contributed by atoms with Gasteiger partial charge in [-0.05, 0) is 23.9 Å². The summed E-state index contributed by atoms with van der Waals surface area (Å²) < 4.78 is 2.62. The summed E-state index contributed by atoms with van der Waals surface area (Å²) in [5.74, 6) is 0. The van der Waals surface area contributed by atoms with Crippen LogP contribution in [0.15, 0.2) is 17.5 Å². The fourth-order valence-corrected chi connectivity index (χ4v) is 3.82. The molecular formula is C12H16OS2. The van der Waals surface area contributed by atoms with Crippen LogP contribution in [0, 0.1) is 0 Å². The summed E-state index contributed by atoms with van der Waals surface area (Å²) in [5, 5.41) is 12.1. The van der Waals surface area contributed by atoms with E-state index >= 15 is 0 Å². The highest BCUT2D eigenvalue weighted by Crippen LogP contribution is 2.34. The Bertz CT molecular complexity index is 387. The Labute approximate surface area is 98.4 Å². The third-order valence-corrected chi connectivity index (χ3v) is 4.76. The summed E-state index contributed by atoms with van der Waals surface area (Å²) in [6.45, 7) is 2.19. The van der Waals surface area contributed by atoms with E-state index in [2.05, 4.69) is 24.4 Å². The predicted molar refractivity (Wildman–Crippen MR) is 68.8 cm³/mol. The zero-order valence-corrected chi connectivity index (χ0v) is 10.5. The van der Waals surface area contributed by atoms with E-state index in [1.54, 1.807) is 22.7 Å². The van der Waals surface area contributed by atoms with Gasteiger partial charge < -0.3 is 5.11 Å². The summed E-state index contributed by atoms with van der Waals surface area (Å²) in [6, 6.07) is 4.27. The van der Waals surface area contributed by atoms with E-state index < -0.39 is 0 Å². The zero-order valence-electron chi connectivity index (χ0n) is 8.90. The van der Waals surface area contributed by atoms with E-state index in [-0.39, 0.29) is 6.10 Å². The average molecular weight is 240 g/mol. The number of aliphatic hydroxyl groups excluding tert-OH is 1. The Morgan fingerprint density at radius 3 is 2.93 bits per heavy atom. The van der Waals surface area contributed by atoms with Crippen LogP contribution in [0.1, 0.15) is 43.6 Å². The van der Waals surface area contributed by atoms with Crippen molar-refractivity contribution in [2.24, 2.45) is 0 Å². The molecule has 2 heterocycles. The minimum atomic E-state index is -0.249.